The van der Waals surface area contributed by atoms with Gasteiger partial charge in [0.15, 0.2) is 12.4 Å². The van der Waals surface area contributed by atoms with Crippen molar-refractivity contribution in [2.24, 2.45) is 0 Å². The number of ether oxygens (including phenoxy) is 1. The Balaban J connectivity index is 1.71. The van der Waals surface area contributed by atoms with Gasteiger partial charge in [0.1, 0.15) is 0 Å². The summed E-state index contributed by atoms with van der Waals surface area (Å²) < 4.78 is 4.98. The molecule has 3 rings (SSSR count). The highest BCUT2D eigenvalue weighted by Crippen LogP contribution is 2.36. The summed E-state index contributed by atoms with van der Waals surface area (Å²) >= 11 is 0. The van der Waals surface area contributed by atoms with Crippen molar-refractivity contribution in [3.63, 3.8) is 0 Å². The van der Waals surface area contributed by atoms with Gasteiger partial charge >= 0.3 is 5.97 Å². The van der Waals surface area contributed by atoms with Crippen molar-refractivity contribution >= 4 is 11.8 Å². The van der Waals surface area contributed by atoms with Gasteiger partial charge in [-0.25, -0.2) is 4.79 Å². The van der Waals surface area contributed by atoms with E-state index in [0.717, 1.165) is 12.0 Å². The standard InChI is InChI=1S/C21H18O3/c1-2-3-4-9-21(23)24-14-20(22)17-11-10-16-12-15-7-5-6-8-18(15)19(16)13-17/h2-11,13H,12,14H2,1H3/b3-2+,9-4+. The third-order valence-corrected chi connectivity index (χ3v) is 4.00. The van der Waals surface area contributed by atoms with Crippen LogP contribution in [0.25, 0.3) is 11.1 Å². The van der Waals surface area contributed by atoms with Crippen LogP contribution in [0.3, 0.4) is 0 Å². The van der Waals surface area contributed by atoms with Crippen LogP contribution in [0.4, 0.5) is 0 Å². The zero-order chi connectivity index (χ0) is 16.9. The molecular formula is C21H18O3. The van der Waals surface area contributed by atoms with E-state index in [2.05, 4.69) is 12.1 Å². The van der Waals surface area contributed by atoms with Crippen molar-refractivity contribution in [3.8, 4) is 11.1 Å². The van der Waals surface area contributed by atoms with E-state index < -0.39 is 5.97 Å². The Morgan fingerprint density at radius 3 is 2.67 bits per heavy atom. The number of hydrogen-bond donors (Lipinski definition) is 0. The predicted molar refractivity (Wildman–Crippen MR) is 93.9 cm³/mol. The molecule has 0 aliphatic heterocycles. The van der Waals surface area contributed by atoms with Crippen molar-refractivity contribution in [2.45, 2.75) is 13.3 Å². The second-order valence-corrected chi connectivity index (χ2v) is 5.62. The van der Waals surface area contributed by atoms with Crippen LogP contribution in [0.2, 0.25) is 0 Å². The number of benzene rings is 2. The van der Waals surface area contributed by atoms with Crippen LogP contribution in [0, 0.1) is 0 Å². The molecule has 0 amide bonds. The topological polar surface area (TPSA) is 43.4 Å². The Kier molecular flexibility index (Phi) is 4.71. The van der Waals surface area contributed by atoms with Crippen LogP contribution in [0.5, 0.6) is 0 Å². The fourth-order valence-electron chi connectivity index (χ4n) is 2.81. The van der Waals surface area contributed by atoms with E-state index in [9.17, 15) is 9.59 Å². The number of carbonyl (C=O) groups excluding carboxylic acids is 2. The largest absolute Gasteiger partial charge is 0.454 e. The van der Waals surface area contributed by atoms with Crippen LogP contribution < -0.4 is 0 Å². The number of ketones is 1. The first-order valence-electron chi connectivity index (χ1n) is 7.89. The lowest BCUT2D eigenvalue weighted by Gasteiger charge is -2.05. The molecule has 0 saturated carbocycles. The minimum Gasteiger partial charge on any atom is -0.454 e. The quantitative estimate of drug-likeness (QED) is 0.308. The second kappa shape index (κ2) is 7.09. The first kappa shape index (κ1) is 15.9. The first-order chi connectivity index (χ1) is 11.7. The molecule has 0 bridgehead atoms. The molecule has 1 aliphatic rings. The molecule has 2 aromatic rings. The molecule has 3 nitrogen and oxygen atoms in total. The highest BCUT2D eigenvalue weighted by atomic mass is 16.5. The molecule has 3 heteroatoms. The van der Waals surface area contributed by atoms with Gasteiger partial charge in [-0.3, -0.25) is 4.79 Å². The maximum absolute atomic E-state index is 12.3. The Morgan fingerprint density at radius 1 is 1.04 bits per heavy atom. The highest BCUT2D eigenvalue weighted by Gasteiger charge is 2.19. The van der Waals surface area contributed by atoms with Gasteiger partial charge in [-0.1, -0.05) is 54.6 Å². The molecule has 2 aromatic carbocycles. The molecule has 0 spiro atoms. The Bertz CT molecular complexity index is 844. The van der Waals surface area contributed by atoms with Gasteiger partial charge in [0.05, 0.1) is 0 Å². The SMILES string of the molecule is C/C=C/C=C/C(=O)OCC(=O)c1ccc2c(c1)-c1ccccc1C2. The van der Waals surface area contributed by atoms with E-state index in [4.69, 9.17) is 4.74 Å². The monoisotopic (exact) mass is 318 g/mol. The summed E-state index contributed by atoms with van der Waals surface area (Å²) in [5.41, 5.74) is 5.33. The van der Waals surface area contributed by atoms with Gasteiger partial charge in [-0.05, 0) is 41.7 Å². The highest BCUT2D eigenvalue weighted by molar-refractivity contribution is 6.00. The summed E-state index contributed by atoms with van der Waals surface area (Å²) in [4.78, 5) is 23.8. The summed E-state index contributed by atoms with van der Waals surface area (Å²) in [6, 6.07) is 13.9. The molecule has 0 aromatic heterocycles. The second-order valence-electron chi connectivity index (χ2n) is 5.62. The number of allylic oxidation sites excluding steroid dienone is 3. The number of carbonyl (C=O) groups is 2. The summed E-state index contributed by atoms with van der Waals surface area (Å²) in [6.45, 7) is 1.60. The minimum absolute atomic E-state index is 0.199. The third-order valence-electron chi connectivity index (χ3n) is 4.00. The smallest absolute Gasteiger partial charge is 0.331 e. The molecule has 0 saturated heterocycles. The normalized spacial score (nSPS) is 12.4. The minimum atomic E-state index is -0.520. The fourth-order valence-corrected chi connectivity index (χ4v) is 2.81. The van der Waals surface area contributed by atoms with Gasteiger partial charge in [0.2, 0.25) is 0 Å². The maximum Gasteiger partial charge on any atom is 0.331 e. The molecule has 0 fully saturated rings. The lowest BCUT2D eigenvalue weighted by Crippen LogP contribution is -2.12. The molecule has 1 aliphatic carbocycles. The van der Waals surface area contributed by atoms with E-state index >= 15 is 0 Å². The number of hydrogen-bond acceptors (Lipinski definition) is 3. The molecule has 0 N–H and O–H groups in total. The Morgan fingerprint density at radius 2 is 1.83 bits per heavy atom. The van der Waals surface area contributed by atoms with Gasteiger partial charge < -0.3 is 4.74 Å². The summed E-state index contributed by atoms with van der Waals surface area (Å²) in [5, 5.41) is 0. The van der Waals surface area contributed by atoms with Gasteiger partial charge in [-0.2, -0.15) is 0 Å². The van der Waals surface area contributed by atoms with Crippen molar-refractivity contribution in [1.29, 1.82) is 0 Å². The summed E-state index contributed by atoms with van der Waals surface area (Å²) in [7, 11) is 0. The fraction of sp³-hybridized carbons (Fsp3) is 0.143. The van der Waals surface area contributed by atoms with Crippen molar-refractivity contribution < 1.29 is 14.3 Å². The van der Waals surface area contributed by atoms with Crippen LogP contribution in [0.1, 0.15) is 28.4 Å². The molecule has 0 unspecified atom stereocenters. The lowest BCUT2D eigenvalue weighted by molar-refractivity contribution is -0.136. The molecular weight excluding hydrogens is 300 g/mol. The number of rotatable bonds is 5. The van der Waals surface area contributed by atoms with Crippen molar-refractivity contribution in [1.82, 2.24) is 0 Å². The number of fused-ring (bicyclic) bond motifs is 3. The molecule has 0 heterocycles. The van der Waals surface area contributed by atoms with Crippen LogP contribution in [-0.4, -0.2) is 18.4 Å². The zero-order valence-corrected chi connectivity index (χ0v) is 13.5. The van der Waals surface area contributed by atoms with Gasteiger partial charge in [0, 0.05) is 11.6 Å². The van der Waals surface area contributed by atoms with Gasteiger partial charge in [0.25, 0.3) is 0 Å². The van der Waals surface area contributed by atoms with Crippen LogP contribution in [-0.2, 0) is 16.0 Å². The molecule has 0 radical (unpaired) electrons. The van der Waals surface area contributed by atoms with Crippen LogP contribution >= 0.6 is 0 Å². The van der Waals surface area contributed by atoms with E-state index in [0.29, 0.717) is 5.56 Å². The average Bonchev–Trinajstić information content (AvgIpc) is 2.97. The van der Waals surface area contributed by atoms with E-state index in [-0.39, 0.29) is 12.4 Å². The third kappa shape index (κ3) is 3.35. The average molecular weight is 318 g/mol. The maximum atomic E-state index is 12.3. The number of Topliss-reactive ketones (excluding diaryl/α,β-unsaturated/α-hetero) is 1. The van der Waals surface area contributed by atoms with E-state index in [1.54, 1.807) is 24.3 Å². The Labute approximate surface area is 141 Å². The summed E-state index contributed by atoms with van der Waals surface area (Å²) in [5.74, 6) is -0.720. The van der Waals surface area contributed by atoms with E-state index in [1.165, 1.54) is 22.8 Å². The van der Waals surface area contributed by atoms with Gasteiger partial charge in [-0.15, -0.1) is 0 Å². The van der Waals surface area contributed by atoms with Crippen molar-refractivity contribution in [3.05, 3.63) is 83.5 Å². The zero-order valence-electron chi connectivity index (χ0n) is 13.5. The first-order valence-corrected chi connectivity index (χ1v) is 7.89. The number of esters is 1. The summed E-state index contributed by atoms with van der Waals surface area (Å²) in [6.07, 6.45) is 7.30. The predicted octanol–water partition coefficient (Wildman–Crippen LogP) is 4.12. The molecule has 120 valence electrons. The van der Waals surface area contributed by atoms with E-state index in [1.807, 2.05) is 31.2 Å². The Hall–Kier alpha value is -2.94. The molecule has 24 heavy (non-hydrogen) atoms. The van der Waals surface area contributed by atoms with Crippen molar-refractivity contribution in [2.75, 3.05) is 6.61 Å². The lowest BCUT2D eigenvalue weighted by atomic mass is 10.0. The van der Waals surface area contributed by atoms with Crippen LogP contribution in [0.15, 0.2) is 66.8 Å². The molecule has 0 atom stereocenters.